The van der Waals surface area contributed by atoms with E-state index in [4.69, 9.17) is 18.9 Å². The molecule has 0 aliphatic carbocycles. The number of rotatable bonds is 8. The number of halogens is 3. The van der Waals surface area contributed by atoms with Crippen LogP contribution in [-0.4, -0.2) is 84.3 Å². The number of anilines is 1. The summed E-state index contributed by atoms with van der Waals surface area (Å²) in [5.74, 6) is -0.0366. The first kappa shape index (κ1) is 28.3. The lowest BCUT2D eigenvalue weighted by Gasteiger charge is -2.46. The Morgan fingerprint density at radius 2 is 1.59 bits per heavy atom. The summed E-state index contributed by atoms with van der Waals surface area (Å²) in [6.45, 7) is 1.76. The fourth-order valence-corrected chi connectivity index (χ4v) is 4.50. The van der Waals surface area contributed by atoms with E-state index in [9.17, 15) is 23.1 Å². The standard InChI is InChI=1S/C25H27F3N4O7/c1-14-19(35-2)20(36-3)21(37-4)23(38-14)32(24(33)34)17-7-5-15(6-8-17)22-29-13-31(30-22)16-9-11-18(12-10-16)39-25(26,27)28/h5-14,19-21,23H,1-4H3,(H,33,34)/t14-,19-,20+,21+,23-/m0/s1. The highest BCUT2D eigenvalue weighted by Gasteiger charge is 2.49. The minimum absolute atomic E-state index is 0.316. The Kier molecular flexibility index (Phi) is 8.39. The summed E-state index contributed by atoms with van der Waals surface area (Å²) in [6.07, 6.45) is -7.98. The third kappa shape index (κ3) is 6.14. The molecule has 1 saturated heterocycles. The van der Waals surface area contributed by atoms with Gasteiger partial charge in [-0.2, -0.15) is 0 Å². The molecule has 1 aliphatic heterocycles. The molecule has 5 atom stereocenters. The molecule has 0 spiro atoms. The maximum absolute atomic E-state index is 12.4. The van der Waals surface area contributed by atoms with Gasteiger partial charge in [0, 0.05) is 32.6 Å². The Labute approximate surface area is 221 Å². The van der Waals surface area contributed by atoms with Crippen LogP contribution in [0.2, 0.25) is 0 Å². The Balaban J connectivity index is 1.55. The number of amides is 1. The molecule has 14 heteroatoms. The second-order valence-corrected chi connectivity index (χ2v) is 8.59. The molecule has 0 bridgehead atoms. The SMILES string of the molecule is CO[C@@H]1[C@@H](OC)[C@H](C)O[C@H](N(C(=O)O)c2ccc(-c3ncn(-c4ccc(OC(F)(F)F)cc4)n3)cc2)[C@@H]1OC. The molecule has 3 aromatic rings. The summed E-state index contributed by atoms with van der Waals surface area (Å²) in [4.78, 5) is 17.7. The first-order chi connectivity index (χ1) is 18.6. The van der Waals surface area contributed by atoms with Crippen LogP contribution in [0.4, 0.5) is 23.7 Å². The number of aromatic nitrogens is 3. The van der Waals surface area contributed by atoms with E-state index < -0.39 is 43.1 Å². The lowest BCUT2D eigenvalue weighted by atomic mass is 9.97. The molecule has 11 nitrogen and oxygen atoms in total. The Hall–Kier alpha value is -3.72. The van der Waals surface area contributed by atoms with Crippen molar-refractivity contribution < 1.29 is 46.8 Å². The van der Waals surface area contributed by atoms with E-state index in [1.54, 1.807) is 31.2 Å². The molecule has 1 N–H and O–H groups in total. The van der Waals surface area contributed by atoms with Gasteiger partial charge in [-0.1, -0.05) is 0 Å². The zero-order chi connectivity index (χ0) is 28.3. The quantitative estimate of drug-likeness (QED) is 0.441. The molecule has 0 unspecified atom stereocenters. The smallest absolute Gasteiger partial charge is 0.465 e. The average Bonchev–Trinajstić information content (AvgIpc) is 3.38. The second-order valence-electron chi connectivity index (χ2n) is 8.59. The van der Waals surface area contributed by atoms with Crippen molar-refractivity contribution in [3.8, 4) is 22.8 Å². The van der Waals surface area contributed by atoms with E-state index in [-0.39, 0.29) is 5.75 Å². The highest BCUT2D eigenvalue weighted by Crippen LogP contribution is 2.32. The predicted molar refractivity (Wildman–Crippen MR) is 131 cm³/mol. The number of hydrogen-bond donors (Lipinski definition) is 1. The molecule has 2 heterocycles. The topological polar surface area (TPSA) is 117 Å². The van der Waals surface area contributed by atoms with Crippen molar-refractivity contribution in [2.24, 2.45) is 0 Å². The summed E-state index contributed by atoms with van der Waals surface area (Å²) >= 11 is 0. The summed E-state index contributed by atoms with van der Waals surface area (Å²) in [5.41, 5.74) is 1.36. The number of carbonyl (C=O) groups is 1. The van der Waals surface area contributed by atoms with Gasteiger partial charge in [0.1, 0.15) is 30.4 Å². The van der Waals surface area contributed by atoms with Crippen LogP contribution in [-0.2, 0) is 18.9 Å². The van der Waals surface area contributed by atoms with Gasteiger partial charge in [0.2, 0.25) is 0 Å². The number of benzene rings is 2. The van der Waals surface area contributed by atoms with E-state index in [2.05, 4.69) is 14.8 Å². The third-order valence-corrected chi connectivity index (χ3v) is 6.25. The number of ether oxygens (including phenoxy) is 5. The van der Waals surface area contributed by atoms with E-state index in [1.807, 2.05) is 0 Å². The van der Waals surface area contributed by atoms with Crippen LogP contribution in [0.15, 0.2) is 54.9 Å². The van der Waals surface area contributed by atoms with E-state index in [0.717, 1.165) is 4.90 Å². The van der Waals surface area contributed by atoms with Crippen LogP contribution in [0.3, 0.4) is 0 Å². The highest BCUT2D eigenvalue weighted by molar-refractivity contribution is 5.87. The van der Waals surface area contributed by atoms with Gasteiger partial charge in [0.15, 0.2) is 12.1 Å². The molecule has 1 aliphatic rings. The molecular formula is C25H27F3N4O7. The monoisotopic (exact) mass is 552 g/mol. The largest absolute Gasteiger partial charge is 0.573 e. The Bertz CT molecular complexity index is 1250. The molecule has 0 radical (unpaired) electrons. The third-order valence-electron chi connectivity index (χ3n) is 6.25. The van der Waals surface area contributed by atoms with Crippen molar-refractivity contribution in [1.82, 2.24) is 14.8 Å². The first-order valence-electron chi connectivity index (χ1n) is 11.7. The van der Waals surface area contributed by atoms with Crippen LogP contribution in [0.5, 0.6) is 5.75 Å². The van der Waals surface area contributed by atoms with Crippen molar-refractivity contribution >= 4 is 11.8 Å². The molecule has 1 fully saturated rings. The Morgan fingerprint density at radius 1 is 0.974 bits per heavy atom. The van der Waals surface area contributed by atoms with E-state index in [1.165, 1.54) is 56.6 Å². The molecule has 0 saturated carbocycles. The number of carboxylic acid groups (broad SMARTS) is 1. The number of alkyl halides is 3. The predicted octanol–water partition coefficient (Wildman–Crippen LogP) is 4.11. The highest BCUT2D eigenvalue weighted by atomic mass is 19.4. The van der Waals surface area contributed by atoms with Crippen LogP contribution in [0, 0.1) is 0 Å². The van der Waals surface area contributed by atoms with Gasteiger partial charge in [-0.3, -0.25) is 0 Å². The number of methoxy groups -OCH3 is 3. The second kappa shape index (κ2) is 11.6. The minimum atomic E-state index is -4.78. The van der Waals surface area contributed by atoms with Crippen LogP contribution >= 0.6 is 0 Å². The van der Waals surface area contributed by atoms with Crippen molar-refractivity contribution in [2.45, 2.75) is 43.9 Å². The maximum atomic E-state index is 12.4. The molecule has 210 valence electrons. The molecule has 1 amide bonds. The van der Waals surface area contributed by atoms with Gasteiger partial charge < -0.3 is 28.8 Å². The van der Waals surface area contributed by atoms with Gasteiger partial charge in [-0.05, 0) is 55.5 Å². The fourth-order valence-electron chi connectivity index (χ4n) is 4.50. The minimum Gasteiger partial charge on any atom is -0.465 e. The fraction of sp³-hybridized carbons (Fsp3) is 0.400. The summed E-state index contributed by atoms with van der Waals surface area (Å²) in [7, 11) is 4.45. The van der Waals surface area contributed by atoms with Crippen molar-refractivity contribution in [3.05, 3.63) is 54.9 Å². The van der Waals surface area contributed by atoms with Gasteiger partial charge in [-0.25, -0.2) is 19.4 Å². The number of hydrogen-bond acceptors (Lipinski definition) is 8. The Morgan fingerprint density at radius 3 is 2.13 bits per heavy atom. The lowest BCUT2D eigenvalue weighted by Crippen LogP contribution is -2.64. The number of nitrogens with zero attached hydrogens (tertiary/aromatic N) is 4. The van der Waals surface area contributed by atoms with Crippen LogP contribution < -0.4 is 9.64 Å². The zero-order valence-electron chi connectivity index (χ0n) is 21.4. The van der Waals surface area contributed by atoms with Crippen LogP contribution in [0.25, 0.3) is 17.1 Å². The summed E-state index contributed by atoms with van der Waals surface area (Å²) < 4.78 is 65.1. The van der Waals surface area contributed by atoms with Gasteiger partial charge >= 0.3 is 12.5 Å². The van der Waals surface area contributed by atoms with Crippen molar-refractivity contribution in [2.75, 3.05) is 26.2 Å². The van der Waals surface area contributed by atoms with Crippen molar-refractivity contribution in [3.63, 3.8) is 0 Å². The van der Waals surface area contributed by atoms with Crippen molar-refractivity contribution in [1.29, 1.82) is 0 Å². The molecule has 2 aromatic carbocycles. The van der Waals surface area contributed by atoms with Gasteiger partial charge in [-0.15, -0.1) is 18.3 Å². The molecular weight excluding hydrogens is 525 g/mol. The lowest BCUT2D eigenvalue weighted by molar-refractivity contribution is -0.274. The van der Waals surface area contributed by atoms with Gasteiger partial charge in [0.05, 0.1) is 11.8 Å². The first-order valence-corrected chi connectivity index (χ1v) is 11.7. The normalized spacial score (nSPS) is 23.4. The summed E-state index contributed by atoms with van der Waals surface area (Å²) in [5, 5.41) is 14.4. The average molecular weight is 553 g/mol. The zero-order valence-corrected chi connectivity index (χ0v) is 21.4. The molecule has 39 heavy (non-hydrogen) atoms. The van der Waals surface area contributed by atoms with E-state index in [0.29, 0.717) is 22.8 Å². The van der Waals surface area contributed by atoms with Crippen LogP contribution in [0.1, 0.15) is 6.92 Å². The molecule has 1 aromatic heterocycles. The summed E-state index contributed by atoms with van der Waals surface area (Å²) in [6, 6.07) is 11.6. The van der Waals surface area contributed by atoms with E-state index >= 15 is 0 Å². The molecule has 4 rings (SSSR count). The maximum Gasteiger partial charge on any atom is 0.573 e. The van der Waals surface area contributed by atoms with Gasteiger partial charge in [0.25, 0.3) is 0 Å².